The van der Waals surface area contributed by atoms with Crippen LogP contribution in [0.4, 0.5) is 26.3 Å². The number of alkyl halides is 3. The fourth-order valence-corrected chi connectivity index (χ4v) is 3.96. The molecule has 3 rings (SSSR count). The quantitative estimate of drug-likeness (QED) is 0.238. The Bertz CT molecular complexity index is 911. The molecule has 0 radical (unpaired) electrons. The molecule has 0 heterocycles. The molecule has 2 aromatic carbocycles. The first kappa shape index (κ1) is 19.2. The Kier molecular flexibility index (Phi) is 5.09. The Labute approximate surface area is 161 Å². The molecule has 0 saturated heterocycles. The molecule has 0 fully saturated rings. The molecular formula is C18H8Br2F6. The van der Waals surface area contributed by atoms with Crippen LogP contribution in [-0.2, 0) is 0 Å². The second-order valence-electron chi connectivity index (χ2n) is 5.52. The van der Waals surface area contributed by atoms with Crippen LogP contribution in [0.15, 0.2) is 52.8 Å². The molecule has 0 saturated carbocycles. The van der Waals surface area contributed by atoms with E-state index in [1.165, 1.54) is 12.1 Å². The summed E-state index contributed by atoms with van der Waals surface area (Å²) >= 11 is 5.40. The van der Waals surface area contributed by atoms with Gasteiger partial charge in [0, 0.05) is 11.1 Å². The molecule has 0 aromatic heterocycles. The molecule has 2 aromatic rings. The normalized spacial score (nSPS) is 23.6. The van der Waals surface area contributed by atoms with E-state index in [4.69, 9.17) is 0 Å². The summed E-state index contributed by atoms with van der Waals surface area (Å²) in [7, 11) is 0. The lowest BCUT2D eigenvalue weighted by Crippen LogP contribution is -2.34. The van der Waals surface area contributed by atoms with E-state index in [1.807, 2.05) is 0 Å². The van der Waals surface area contributed by atoms with Crippen molar-refractivity contribution in [2.24, 2.45) is 0 Å². The molecule has 8 heteroatoms. The van der Waals surface area contributed by atoms with Crippen molar-refractivity contribution in [3.63, 3.8) is 0 Å². The van der Waals surface area contributed by atoms with Crippen LogP contribution in [0.1, 0.15) is 11.1 Å². The van der Waals surface area contributed by atoms with Gasteiger partial charge in [0.1, 0.15) is 0 Å². The van der Waals surface area contributed by atoms with Crippen molar-refractivity contribution in [3.05, 3.63) is 81.4 Å². The zero-order valence-corrected chi connectivity index (χ0v) is 15.8. The summed E-state index contributed by atoms with van der Waals surface area (Å²) in [6.45, 7) is 0. The monoisotopic (exact) mass is 496 g/mol. The highest BCUT2D eigenvalue weighted by atomic mass is 79.9. The van der Waals surface area contributed by atoms with Crippen molar-refractivity contribution >= 4 is 43.0 Å². The summed E-state index contributed by atoms with van der Waals surface area (Å²) < 4.78 is 80.9. The van der Waals surface area contributed by atoms with E-state index in [-0.39, 0.29) is 11.1 Å². The Balaban J connectivity index is 2.43. The van der Waals surface area contributed by atoms with Crippen molar-refractivity contribution in [3.8, 4) is 0 Å². The lowest BCUT2D eigenvalue weighted by Gasteiger charge is -2.32. The van der Waals surface area contributed by atoms with E-state index < -0.39 is 49.6 Å². The molecule has 0 amide bonds. The van der Waals surface area contributed by atoms with E-state index >= 15 is 4.39 Å². The van der Waals surface area contributed by atoms with Gasteiger partial charge in [0.05, 0.1) is 4.48 Å². The van der Waals surface area contributed by atoms with Gasteiger partial charge in [-0.3, -0.25) is 0 Å². The van der Waals surface area contributed by atoms with Crippen LogP contribution in [0.2, 0.25) is 0 Å². The van der Waals surface area contributed by atoms with Gasteiger partial charge in [-0.25, -0.2) is 26.3 Å². The number of benzene rings is 2. The summed E-state index contributed by atoms with van der Waals surface area (Å²) in [5.41, 5.74) is -0.918. The predicted molar refractivity (Wildman–Crippen MR) is 94.3 cm³/mol. The van der Waals surface area contributed by atoms with E-state index in [9.17, 15) is 22.0 Å². The third-order valence-electron chi connectivity index (χ3n) is 3.89. The highest BCUT2D eigenvalue weighted by Gasteiger charge is 2.50. The minimum atomic E-state index is -3.13. The smallest absolute Gasteiger partial charge is 0.228 e. The zero-order valence-electron chi connectivity index (χ0n) is 12.6. The maximum Gasteiger partial charge on any atom is 0.228 e. The largest absolute Gasteiger partial charge is 0.235 e. The van der Waals surface area contributed by atoms with Gasteiger partial charge in [-0.05, 0) is 55.1 Å². The van der Waals surface area contributed by atoms with Crippen molar-refractivity contribution < 1.29 is 26.3 Å². The summed E-state index contributed by atoms with van der Waals surface area (Å²) in [6, 6.07) is 8.82. The van der Waals surface area contributed by atoms with Crippen LogP contribution in [0, 0.1) is 17.5 Å². The summed E-state index contributed by atoms with van der Waals surface area (Å²) in [4.78, 5) is 0. The number of halogens is 8. The first-order chi connectivity index (χ1) is 12.2. The van der Waals surface area contributed by atoms with Gasteiger partial charge in [-0.1, -0.05) is 30.3 Å². The van der Waals surface area contributed by atoms with Gasteiger partial charge in [0.25, 0.3) is 0 Å². The topological polar surface area (TPSA) is 0 Å². The third-order valence-corrected chi connectivity index (χ3v) is 5.46. The van der Waals surface area contributed by atoms with Gasteiger partial charge >= 0.3 is 0 Å². The average Bonchev–Trinajstić information content (AvgIpc) is 2.61. The van der Waals surface area contributed by atoms with Gasteiger partial charge in [-0.15, -0.1) is 0 Å². The molecule has 0 aliphatic heterocycles. The minimum absolute atomic E-state index is 0.151. The standard InChI is InChI=1S/C18H8Br2F6/c19-14-12(8-4-2-1-3-5-8)13(18(20,26)17(25)16(14)24)9-6-10(21)15(23)11(22)7-9/h1-7,17H. The summed E-state index contributed by atoms with van der Waals surface area (Å²) in [5, 5.41) is 0. The highest BCUT2D eigenvalue weighted by molar-refractivity contribution is 9.12. The van der Waals surface area contributed by atoms with Crippen LogP contribution in [0.3, 0.4) is 0 Å². The first-order valence-electron chi connectivity index (χ1n) is 7.18. The van der Waals surface area contributed by atoms with Gasteiger partial charge < -0.3 is 0 Å². The Morgan fingerprint density at radius 3 is 1.96 bits per heavy atom. The van der Waals surface area contributed by atoms with Crippen molar-refractivity contribution in [2.75, 3.05) is 0 Å². The predicted octanol–water partition coefficient (Wildman–Crippen LogP) is 7.00. The summed E-state index contributed by atoms with van der Waals surface area (Å²) in [5.74, 6) is -6.33. The molecule has 0 nitrogen and oxygen atoms in total. The van der Waals surface area contributed by atoms with Gasteiger partial charge in [-0.2, -0.15) is 0 Å². The fraction of sp³-hybridized carbons (Fsp3) is 0.111. The van der Waals surface area contributed by atoms with E-state index in [2.05, 4.69) is 31.9 Å². The molecule has 2 atom stereocenters. The summed E-state index contributed by atoms with van der Waals surface area (Å²) in [6.07, 6.45) is -2.78. The van der Waals surface area contributed by atoms with Crippen LogP contribution in [0.5, 0.6) is 0 Å². The van der Waals surface area contributed by atoms with E-state index in [1.54, 1.807) is 18.2 Å². The molecule has 136 valence electrons. The van der Waals surface area contributed by atoms with Crippen molar-refractivity contribution in [1.82, 2.24) is 0 Å². The molecule has 0 spiro atoms. The fourth-order valence-electron chi connectivity index (χ4n) is 2.71. The zero-order chi connectivity index (χ0) is 19.2. The molecule has 26 heavy (non-hydrogen) atoms. The van der Waals surface area contributed by atoms with Crippen LogP contribution < -0.4 is 0 Å². The molecule has 1 aliphatic carbocycles. The van der Waals surface area contributed by atoms with Crippen LogP contribution in [-0.4, -0.2) is 10.7 Å². The van der Waals surface area contributed by atoms with Crippen LogP contribution >= 0.6 is 31.9 Å². The van der Waals surface area contributed by atoms with Crippen molar-refractivity contribution in [2.45, 2.75) is 10.7 Å². The molecule has 0 bridgehead atoms. The number of hydrogen-bond acceptors (Lipinski definition) is 0. The lowest BCUT2D eigenvalue weighted by atomic mass is 9.85. The molecule has 1 aliphatic rings. The second kappa shape index (κ2) is 6.88. The lowest BCUT2D eigenvalue weighted by molar-refractivity contribution is 0.193. The highest BCUT2D eigenvalue weighted by Crippen LogP contribution is 2.54. The Hall–Kier alpha value is -1.54. The SMILES string of the molecule is FC1=C(Br)C(c2ccccc2)=C(c2cc(F)c(F)c(F)c2)C(F)(Br)C1F. The maximum absolute atomic E-state index is 15.2. The molecular weight excluding hydrogens is 490 g/mol. The van der Waals surface area contributed by atoms with Gasteiger partial charge in [0.2, 0.25) is 10.7 Å². The van der Waals surface area contributed by atoms with Crippen molar-refractivity contribution in [1.29, 1.82) is 0 Å². The second-order valence-corrected chi connectivity index (χ2v) is 7.46. The minimum Gasteiger partial charge on any atom is -0.235 e. The number of allylic oxidation sites excluding steroid dienone is 4. The third kappa shape index (κ3) is 3.03. The Morgan fingerprint density at radius 1 is 0.885 bits per heavy atom. The first-order valence-corrected chi connectivity index (χ1v) is 8.77. The van der Waals surface area contributed by atoms with E-state index in [0.717, 1.165) is 0 Å². The van der Waals surface area contributed by atoms with Crippen LogP contribution in [0.25, 0.3) is 11.1 Å². The molecule has 0 N–H and O–H groups in total. The maximum atomic E-state index is 15.2. The number of hydrogen-bond donors (Lipinski definition) is 0. The molecule has 2 unspecified atom stereocenters. The number of rotatable bonds is 2. The van der Waals surface area contributed by atoms with E-state index in [0.29, 0.717) is 12.1 Å². The van der Waals surface area contributed by atoms with Gasteiger partial charge in [0.15, 0.2) is 23.3 Å². The average molecular weight is 498 g/mol. The Morgan fingerprint density at radius 2 is 1.42 bits per heavy atom.